The van der Waals surface area contributed by atoms with Crippen LogP contribution in [0.4, 0.5) is 0 Å². The van der Waals surface area contributed by atoms with Crippen molar-refractivity contribution in [3.05, 3.63) is 46.9 Å². The number of likely N-dealkylation sites (tertiary alicyclic amines) is 1. The minimum atomic E-state index is 0. The van der Waals surface area contributed by atoms with Gasteiger partial charge in [0, 0.05) is 26.6 Å². The van der Waals surface area contributed by atoms with Crippen molar-refractivity contribution in [1.82, 2.24) is 15.5 Å². The van der Waals surface area contributed by atoms with E-state index in [1.165, 1.54) is 12.8 Å². The molecular weight excluding hydrogens is 531 g/mol. The maximum Gasteiger partial charge on any atom is 0.191 e. The minimum Gasteiger partial charge on any atom is -0.489 e. The zero-order valence-electron chi connectivity index (χ0n) is 17.7. The maximum absolute atomic E-state index is 6.41. The Bertz CT molecular complexity index is 857. The van der Waals surface area contributed by atoms with Gasteiger partial charge in [-0.1, -0.05) is 11.6 Å². The molecule has 31 heavy (non-hydrogen) atoms. The van der Waals surface area contributed by atoms with Crippen LogP contribution < -0.4 is 20.1 Å². The second-order valence-corrected chi connectivity index (χ2v) is 7.94. The van der Waals surface area contributed by atoms with Gasteiger partial charge in [-0.2, -0.15) is 0 Å². The minimum absolute atomic E-state index is 0. The Labute approximate surface area is 205 Å². The largest absolute Gasteiger partial charge is 0.489 e. The van der Waals surface area contributed by atoms with Gasteiger partial charge in [0.1, 0.15) is 5.76 Å². The van der Waals surface area contributed by atoms with Crippen LogP contribution in [0.15, 0.2) is 39.9 Å². The molecule has 4 rings (SSSR count). The molecule has 170 valence electrons. The van der Waals surface area contributed by atoms with E-state index in [0.717, 1.165) is 43.3 Å². The fourth-order valence-electron chi connectivity index (χ4n) is 3.93. The molecule has 2 aliphatic rings. The summed E-state index contributed by atoms with van der Waals surface area (Å²) < 4.78 is 17.2. The Morgan fingerprint density at radius 2 is 1.97 bits per heavy atom. The first kappa shape index (κ1) is 24.0. The highest BCUT2D eigenvalue weighted by atomic mass is 127. The molecule has 0 radical (unpaired) electrons. The Morgan fingerprint density at radius 1 is 1.16 bits per heavy atom. The molecule has 2 N–H and O–H groups in total. The van der Waals surface area contributed by atoms with Crippen LogP contribution in [0.3, 0.4) is 0 Å². The van der Waals surface area contributed by atoms with Crippen molar-refractivity contribution in [3.63, 3.8) is 0 Å². The van der Waals surface area contributed by atoms with E-state index in [1.807, 2.05) is 24.3 Å². The SMILES string of the molecule is CN=C(NCc1cc(Cl)c2c(c1)OCCCO2)NCC(c1ccco1)N1CCCC1.I. The van der Waals surface area contributed by atoms with Crippen LogP contribution >= 0.6 is 35.6 Å². The van der Waals surface area contributed by atoms with Gasteiger partial charge in [-0.05, 0) is 55.8 Å². The first-order valence-electron chi connectivity index (χ1n) is 10.5. The molecule has 1 atom stereocenters. The molecule has 1 saturated heterocycles. The molecule has 2 aromatic rings. The Morgan fingerprint density at radius 3 is 2.71 bits per heavy atom. The summed E-state index contributed by atoms with van der Waals surface area (Å²) in [6.45, 7) is 4.73. The van der Waals surface area contributed by atoms with E-state index < -0.39 is 0 Å². The number of furan rings is 1. The predicted molar refractivity (Wildman–Crippen MR) is 133 cm³/mol. The third kappa shape index (κ3) is 6.20. The van der Waals surface area contributed by atoms with Crippen LogP contribution in [0.5, 0.6) is 11.5 Å². The molecule has 0 bridgehead atoms. The molecule has 0 saturated carbocycles. The second kappa shape index (κ2) is 11.8. The first-order chi connectivity index (χ1) is 14.7. The molecule has 0 aliphatic carbocycles. The van der Waals surface area contributed by atoms with Crippen molar-refractivity contribution in [2.45, 2.75) is 31.8 Å². The van der Waals surface area contributed by atoms with Gasteiger partial charge < -0.3 is 24.5 Å². The van der Waals surface area contributed by atoms with Gasteiger partial charge in [0.25, 0.3) is 0 Å². The van der Waals surface area contributed by atoms with Gasteiger partial charge in [-0.25, -0.2) is 0 Å². The van der Waals surface area contributed by atoms with Crippen molar-refractivity contribution in [2.24, 2.45) is 4.99 Å². The third-order valence-electron chi connectivity index (χ3n) is 5.46. The number of benzene rings is 1. The predicted octanol–water partition coefficient (Wildman–Crippen LogP) is 4.21. The number of halogens is 2. The third-order valence-corrected chi connectivity index (χ3v) is 5.74. The van der Waals surface area contributed by atoms with Crippen molar-refractivity contribution in [1.29, 1.82) is 0 Å². The normalized spacial score (nSPS) is 17.5. The smallest absolute Gasteiger partial charge is 0.191 e. The number of hydrogen-bond donors (Lipinski definition) is 2. The molecule has 1 aromatic heterocycles. The van der Waals surface area contributed by atoms with E-state index in [0.29, 0.717) is 36.3 Å². The van der Waals surface area contributed by atoms with Crippen LogP contribution in [0.2, 0.25) is 5.02 Å². The lowest BCUT2D eigenvalue weighted by atomic mass is 10.2. The topological polar surface area (TPSA) is 71.3 Å². The van der Waals surface area contributed by atoms with Crippen molar-refractivity contribution >= 4 is 41.5 Å². The molecule has 0 amide bonds. The average Bonchev–Trinajstić information content (AvgIpc) is 3.42. The molecule has 3 heterocycles. The molecule has 0 spiro atoms. The van der Waals surface area contributed by atoms with Crippen molar-refractivity contribution < 1.29 is 13.9 Å². The summed E-state index contributed by atoms with van der Waals surface area (Å²) in [5.74, 6) is 3.04. The lowest BCUT2D eigenvalue weighted by molar-refractivity contribution is 0.215. The molecule has 1 aromatic carbocycles. The van der Waals surface area contributed by atoms with Crippen LogP contribution in [-0.4, -0.2) is 50.8 Å². The van der Waals surface area contributed by atoms with Crippen molar-refractivity contribution in [2.75, 3.05) is 39.9 Å². The van der Waals surface area contributed by atoms with Gasteiger partial charge in [0.15, 0.2) is 17.5 Å². The summed E-state index contributed by atoms with van der Waals surface area (Å²) in [7, 11) is 1.77. The highest BCUT2D eigenvalue weighted by Crippen LogP contribution is 2.38. The average molecular weight is 561 g/mol. The summed E-state index contributed by atoms with van der Waals surface area (Å²) in [6, 6.07) is 8.06. The Hall–Kier alpha value is -1.65. The lowest BCUT2D eigenvalue weighted by Crippen LogP contribution is -2.42. The number of ether oxygens (including phenoxy) is 2. The van der Waals surface area contributed by atoms with Gasteiger partial charge >= 0.3 is 0 Å². The summed E-state index contributed by atoms with van der Waals surface area (Å²) in [6.07, 6.45) is 5.05. The summed E-state index contributed by atoms with van der Waals surface area (Å²) in [4.78, 5) is 6.83. The lowest BCUT2D eigenvalue weighted by Gasteiger charge is -2.26. The first-order valence-corrected chi connectivity index (χ1v) is 10.9. The fraction of sp³-hybridized carbons (Fsp3) is 0.500. The Balaban J connectivity index is 0.00000272. The number of nitrogens with zero attached hydrogens (tertiary/aromatic N) is 2. The zero-order chi connectivity index (χ0) is 20.8. The molecular formula is C22H30ClIN4O3. The maximum atomic E-state index is 6.41. The standard InChI is InChI=1S/C22H29ClN4O3.HI/c1-24-22(26-15-18(19-6-4-9-28-19)27-7-2-3-8-27)25-14-16-12-17(23)21-20(13-16)29-10-5-11-30-21;/h4,6,9,12-13,18H,2-3,5,7-8,10-11,14-15H2,1H3,(H2,24,25,26);1H. The van der Waals surface area contributed by atoms with Crippen LogP contribution in [0, 0.1) is 0 Å². The number of fused-ring (bicyclic) bond motifs is 1. The van der Waals surface area contributed by atoms with E-state index in [4.69, 9.17) is 25.5 Å². The Kier molecular flexibility index (Phi) is 9.15. The van der Waals surface area contributed by atoms with Gasteiger partial charge in [-0.3, -0.25) is 9.89 Å². The number of rotatable bonds is 6. The second-order valence-electron chi connectivity index (χ2n) is 7.54. The van der Waals surface area contributed by atoms with E-state index >= 15 is 0 Å². The highest BCUT2D eigenvalue weighted by molar-refractivity contribution is 14.0. The summed E-state index contributed by atoms with van der Waals surface area (Å²) >= 11 is 6.41. The quantitative estimate of drug-likeness (QED) is 0.313. The highest BCUT2D eigenvalue weighted by Gasteiger charge is 2.25. The monoisotopic (exact) mass is 560 g/mol. The molecule has 1 unspecified atom stereocenters. The number of guanidine groups is 1. The van der Waals surface area contributed by atoms with E-state index in [-0.39, 0.29) is 30.0 Å². The summed E-state index contributed by atoms with van der Waals surface area (Å²) in [5, 5.41) is 7.37. The zero-order valence-corrected chi connectivity index (χ0v) is 20.8. The molecule has 2 aliphatic heterocycles. The molecule has 9 heteroatoms. The number of aliphatic imine (C=N–C) groups is 1. The van der Waals surface area contributed by atoms with Crippen molar-refractivity contribution in [3.8, 4) is 11.5 Å². The van der Waals surface area contributed by atoms with E-state index in [2.05, 4.69) is 20.5 Å². The fourth-order valence-corrected chi connectivity index (χ4v) is 4.22. The number of hydrogen-bond acceptors (Lipinski definition) is 5. The molecule has 1 fully saturated rings. The summed E-state index contributed by atoms with van der Waals surface area (Å²) in [5.41, 5.74) is 1.01. The van der Waals surface area contributed by atoms with Gasteiger partial charge in [-0.15, -0.1) is 24.0 Å². The number of nitrogens with one attached hydrogen (secondary N) is 2. The van der Waals surface area contributed by atoms with Gasteiger partial charge in [0.05, 0.1) is 30.5 Å². The van der Waals surface area contributed by atoms with E-state index in [9.17, 15) is 0 Å². The van der Waals surface area contributed by atoms with Gasteiger partial charge in [0.2, 0.25) is 0 Å². The van der Waals surface area contributed by atoms with Crippen LogP contribution in [0.25, 0.3) is 0 Å². The van der Waals surface area contributed by atoms with Crippen LogP contribution in [0.1, 0.15) is 36.6 Å². The van der Waals surface area contributed by atoms with Crippen LogP contribution in [-0.2, 0) is 6.54 Å². The molecule has 7 nitrogen and oxygen atoms in total. The van der Waals surface area contributed by atoms with E-state index in [1.54, 1.807) is 13.3 Å².